The number of rotatable bonds is 2. The number of nitrogens with zero attached hydrogens (tertiary/aromatic N) is 2. The van der Waals surface area contributed by atoms with E-state index >= 15 is 0 Å². The summed E-state index contributed by atoms with van der Waals surface area (Å²) in [5, 5.41) is 2.65. The molecule has 3 unspecified atom stereocenters. The SMILES string of the molecule is CC(N)c1nc(C(=O)N2CCOC3CCCCC32)cs1. The second-order valence-electron chi connectivity index (χ2n) is 5.62. The van der Waals surface area contributed by atoms with Crippen molar-refractivity contribution in [3.05, 3.63) is 16.1 Å². The summed E-state index contributed by atoms with van der Waals surface area (Å²) in [5.41, 5.74) is 6.35. The van der Waals surface area contributed by atoms with Crippen LogP contribution >= 0.6 is 11.3 Å². The minimum Gasteiger partial charge on any atom is -0.374 e. The molecule has 1 aliphatic carbocycles. The Kier molecular flexibility index (Phi) is 4.05. The zero-order valence-electron chi connectivity index (χ0n) is 11.7. The van der Waals surface area contributed by atoms with Gasteiger partial charge in [-0.2, -0.15) is 0 Å². The molecule has 5 nitrogen and oxygen atoms in total. The first kappa shape index (κ1) is 14.0. The van der Waals surface area contributed by atoms with E-state index in [4.69, 9.17) is 10.5 Å². The number of carbonyl (C=O) groups excluding carboxylic acids is 1. The van der Waals surface area contributed by atoms with E-state index in [1.165, 1.54) is 24.2 Å². The van der Waals surface area contributed by atoms with Gasteiger partial charge in [-0.3, -0.25) is 4.79 Å². The van der Waals surface area contributed by atoms with Crippen LogP contribution in [-0.2, 0) is 4.74 Å². The number of hydrogen-bond donors (Lipinski definition) is 1. The van der Waals surface area contributed by atoms with Gasteiger partial charge in [-0.25, -0.2) is 4.98 Å². The van der Waals surface area contributed by atoms with Crippen LogP contribution in [0.2, 0.25) is 0 Å². The first-order valence-electron chi connectivity index (χ1n) is 7.30. The van der Waals surface area contributed by atoms with E-state index < -0.39 is 0 Å². The molecule has 1 aliphatic heterocycles. The topological polar surface area (TPSA) is 68.5 Å². The summed E-state index contributed by atoms with van der Waals surface area (Å²) in [6, 6.07) is 0.110. The van der Waals surface area contributed by atoms with Crippen molar-refractivity contribution in [2.45, 2.75) is 50.8 Å². The van der Waals surface area contributed by atoms with Crippen LogP contribution in [-0.4, -0.2) is 41.1 Å². The van der Waals surface area contributed by atoms with Gasteiger partial charge in [0.15, 0.2) is 0 Å². The van der Waals surface area contributed by atoms with Gasteiger partial charge >= 0.3 is 0 Å². The van der Waals surface area contributed by atoms with Gasteiger partial charge in [-0.1, -0.05) is 12.8 Å². The highest BCUT2D eigenvalue weighted by Crippen LogP contribution is 2.29. The Morgan fingerprint density at radius 1 is 1.55 bits per heavy atom. The second kappa shape index (κ2) is 5.79. The Labute approximate surface area is 123 Å². The Bertz CT molecular complexity index is 487. The Balaban J connectivity index is 1.77. The molecule has 1 aromatic rings. The largest absolute Gasteiger partial charge is 0.374 e. The Morgan fingerprint density at radius 3 is 3.10 bits per heavy atom. The molecular formula is C14H21N3O2S. The van der Waals surface area contributed by atoms with Crippen molar-refractivity contribution in [3.8, 4) is 0 Å². The number of ether oxygens (including phenoxy) is 1. The highest BCUT2D eigenvalue weighted by Gasteiger charge is 2.37. The molecule has 0 spiro atoms. The number of aromatic nitrogens is 1. The number of thiazole rings is 1. The molecule has 1 saturated heterocycles. The summed E-state index contributed by atoms with van der Waals surface area (Å²) >= 11 is 1.46. The minimum absolute atomic E-state index is 0.0355. The maximum absolute atomic E-state index is 12.7. The zero-order valence-corrected chi connectivity index (χ0v) is 12.6. The van der Waals surface area contributed by atoms with Crippen molar-refractivity contribution >= 4 is 17.2 Å². The zero-order chi connectivity index (χ0) is 14.1. The number of nitrogens with two attached hydrogens (primary N) is 1. The molecule has 0 radical (unpaired) electrons. The third kappa shape index (κ3) is 2.60. The number of hydrogen-bond acceptors (Lipinski definition) is 5. The molecule has 2 N–H and O–H groups in total. The van der Waals surface area contributed by atoms with E-state index in [-0.39, 0.29) is 24.1 Å². The third-order valence-electron chi connectivity index (χ3n) is 4.12. The first-order valence-corrected chi connectivity index (χ1v) is 8.18. The van der Waals surface area contributed by atoms with Crippen LogP contribution in [0.5, 0.6) is 0 Å². The molecule has 0 bridgehead atoms. The van der Waals surface area contributed by atoms with E-state index in [0.717, 1.165) is 17.8 Å². The summed E-state index contributed by atoms with van der Waals surface area (Å²) in [7, 11) is 0. The average Bonchev–Trinajstić information content (AvgIpc) is 2.96. The van der Waals surface area contributed by atoms with E-state index in [9.17, 15) is 4.79 Å². The first-order chi connectivity index (χ1) is 9.66. The standard InChI is InChI=1S/C14H21N3O2S/c1-9(15)13-16-10(8-20-13)14(18)17-6-7-19-12-5-3-2-4-11(12)17/h8-9,11-12H,2-7,15H2,1H3. The molecule has 2 heterocycles. The van der Waals surface area contributed by atoms with Gasteiger partial charge < -0.3 is 15.4 Å². The van der Waals surface area contributed by atoms with Crippen molar-refractivity contribution in [3.63, 3.8) is 0 Å². The molecule has 3 rings (SSSR count). The van der Waals surface area contributed by atoms with Crippen LogP contribution in [0.15, 0.2) is 5.38 Å². The van der Waals surface area contributed by atoms with E-state index in [1.807, 2.05) is 17.2 Å². The summed E-state index contributed by atoms with van der Waals surface area (Å²) in [6.07, 6.45) is 4.70. The van der Waals surface area contributed by atoms with Crippen LogP contribution in [0, 0.1) is 0 Å². The Morgan fingerprint density at radius 2 is 2.35 bits per heavy atom. The van der Waals surface area contributed by atoms with Crippen molar-refractivity contribution in [2.24, 2.45) is 5.73 Å². The fourth-order valence-electron chi connectivity index (χ4n) is 3.09. The molecule has 2 aliphatic rings. The molecule has 1 saturated carbocycles. The molecular weight excluding hydrogens is 274 g/mol. The molecule has 1 aromatic heterocycles. The molecule has 2 fully saturated rings. The lowest BCUT2D eigenvalue weighted by molar-refractivity contribution is -0.0754. The second-order valence-corrected chi connectivity index (χ2v) is 6.51. The highest BCUT2D eigenvalue weighted by atomic mass is 32.1. The smallest absolute Gasteiger partial charge is 0.273 e. The Hall–Kier alpha value is -0.980. The van der Waals surface area contributed by atoms with Crippen LogP contribution < -0.4 is 5.73 Å². The molecule has 3 atom stereocenters. The van der Waals surface area contributed by atoms with E-state index in [2.05, 4.69) is 4.98 Å². The molecule has 20 heavy (non-hydrogen) atoms. The number of fused-ring (bicyclic) bond motifs is 1. The number of morpholine rings is 1. The molecule has 1 amide bonds. The van der Waals surface area contributed by atoms with Crippen molar-refractivity contribution in [2.75, 3.05) is 13.2 Å². The monoisotopic (exact) mass is 295 g/mol. The maximum Gasteiger partial charge on any atom is 0.273 e. The lowest BCUT2D eigenvalue weighted by Crippen LogP contribution is -2.54. The summed E-state index contributed by atoms with van der Waals surface area (Å²) in [6.45, 7) is 3.20. The van der Waals surface area contributed by atoms with Gasteiger partial charge in [0.25, 0.3) is 5.91 Å². The van der Waals surface area contributed by atoms with Crippen molar-refractivity contribution in [1.82, 2.24) is 9.88 Å². The van der Waals surface area contributed by atoms with Gasteiger partial charge in [-0.05, 0) is 19.8 Å². The summed E-state index contributed by atoms with van der Waals surface area (Å²) in [4.78, 5) is 19.0. The normalized spacial score (nSPS) is 28.0. The predicted molar refractivity (Wildman–Crippen MR) is 77.7 cm³/mol. The van der Waals surface area contributed by atoms with Crippen LogP contribution in [0.25, 0.3) is 0 Å². The highest BCUT2D eigenvalue weighted by molar-refractivity contribution is 7.09. The van der Waals surface area contributed by atoms with Crippen LogP contribution in [0.3, 0.4) is 0 Å². The fourth-order valence-corrected chi connectivity index (χ4v) is 3.84. The van der Waals surface area contributed by atoms with Crippen molar-refractivity contribution in [1.29, 1.82) is 0 Å². The van der Waals surface area contributed by atoms with E-state index in [0.29, 0.717) is 18.8 Å². The van der Waals surface area contributed by atoms with Gasteiger partial charge in [0.2, 0.25) is 0 Å². The summed E-state index contributed by atoms with van der Waals surface area (Å²) in [5.74, 6) is 0.0355. The molecule has 110 valence electrons. The van der Waals surface area contributed by atoms with Gasteiger partial charge in [0.05, 0.1) is 24.8 Å². The van der Waals surface area contributed by atoms with Crippen LogP contribution in [0.1, 0.15) is 54.1 Å². The quantitative estimate of drug-likeness (QED) is 0.905. The van der Waals surface area contributed by atoms with Gasteiger partial charge in [0, 0.05) is 11.9 Å². The van der Waals surface area contributed by atoms with Crippen LogP contribution in [0.4, 0.5) is 0 Å². The van der Waals surface area contributed by atoms with Gasteiger partial charge in [-0.15, -0.1) is 11.3 Å². The number of amides is 1. The molecule has 0 aromatic carbocycles. The minimum atomic E-state index is -0.117. The maximum atomic E-state index is 12.7. The predicted octanol–water partition coefficient (Wildman–Crippen LogP) is 1.95. The fraction of sp³-hybridized carbons (Fsp3) is 0.714. The number of carbonyl (C=O) groups is 1. The lowest BCUT2D eigenvalue weighted by atomic mass is 9.90. The molecule has 6 heteroatoms. The third-order valence-corrected chi connectivity index (χ3v) is 5.17. The van der Waals surface area contributed by atoms with Gasteiger partial charge in [0.1, 0.15) is 10.7 Å². The van der Waals surface area contributed by atoms with Crippen molar-refractivity contribution < 1.29 is 9.53 Å². The summed E-state index contributed by atoms with van der Waals surface area (Å²) < 4.78 is 5.81. The lowest BCUT2D eigenvalue weighted by Gasteiger charge is -2.43. The van der Waals surface area contributed by atoms with E-state index in [1.54, 1.807) is 0 Å². The average molecular weight is 295 g/mol.